The second kappa shape index (κ2) is 3.30. The maximum absolute atomic E-state index is 4.95. The van der Waals surface area contributed by atoms with Crippen LogP contribution < -0.4 is 5.48 Å². The summed E-state index contributed by atoms with van der Waals surface area (Å²) >= 11 is 0. The van der Waals surface area contributed by atoms with Gasteiger partial charge in [0.25, 0.3) is 0 Å². The van der Waals surface area contributed by atoms with Crippen LogP contribution in [0.1, 0.15) is 12.8 Å². The zero-order valence-corrected chi connectivity index (χ0v) is 5.39. The molecule has 0 saturated heterocycles. The van der Waals surface area contributed by atoms with Gasteiger partial charge in [0.05, 0.1) is 6.61 Å². The van der Waals surface area contributed by atoms with Crippen molar-refractivity contribution >= 4 is 0 Å². The van der Waals surface area contributed by atoms with E-state index in [2.05, 4.69) is 18.1 Å². The lowest BCUT2D eigenvalue weighted by molar-refractivity contribution is 0.0806. The van der Waals surface area contributed by atoms with Gasteiger partial charge in [0.1, 0.15) is 0 Å². The minimum Gasteiger partial charge on any atom is -0.272 e. The Bertz CT molecular complexity index is 129. The van der Waals surface area contributed by atoms with Crippen LogP contribution in [0.4, 0.5) is 0 Å². The highest BCUT2D eigenvalue weighted by Gasteiger charge is 2.02. The van der Waals surface area contributed by atoms with Crippen molar-refractivity contribution in [1.82, 2.24) is 5.48 Å². The first-order valence-electron chi connectivity index (χ1n) is 3.11. The van der Waals surface area contributed by atoms with E-state index < -0.39 is 0 Å². The second-order valence-corrected chi connectivity index (χ2v) is 1.97. The minimum atomic E-state index is 0.567. The molecule has 0 spiro atoms. The van der Waals surface area contributed by atoms with Crippen molar-refractivity contribution < 1.29 is 4.84 Å². The summed E-state index contributed by atoms with van der Waals surface area (Å²) in [5.74, 6) is 0. The summed E-state index contributed by atoms with van der Waals surface area (Å²) in [5.41, 5.74) is 4.00. The smallest absolute Gasteiger partial charge is 0.0924 e. The molecule has 0 bridgehead atoms. The molecule has 0 aliphatic heterocycles. The molecular weight excluding hydrogens is 114 g/mol. The predicted molar refractivity (Wildman–Crippen MR) is 36.6 cm³/mol. The van der Waals surface area contributed by atoms with E-state index in [0.717, 1.165) is 6.42 Å². The number of nitrogens with one attached hydrogen (secondary N) is 1. The van der Waals surface area contributed by atoms with E-state index in [0.29, 0.717) is 6.61 Å². The summed E-state index contributed by atoms with van der Waals surface area (Å²) in [7, 11) is 0. The van der Waals surface area contributed by atoms with Crippen LogP contribution in [-0.2, 0) is 4.84 Å². The fraction of sp³-hybridized carbons (Fsp3) is 0.429. The molecule has 1 N–H and O–H groups in total. The summed E-state index contributed by atoms with van der Waals surface area (Å²) in [4.78, 5) is 4.95. The highest BCUT2D eigenvalue weighted by atomic mass is 16.6. The van der Waals surface area contributed by atoms with Gasteiger partial charge in [0.2, 0.25) is 0 Å². The van der Waals surface area contributed by atoms with Gasteiger partial charge < -0.3 is 0 Å². The Morgan fingerprint density at radius 3 is 3.11 bits per heavy atom. The van der Waals surface area contributed by atoms with Gasteiger partial charge >= 0.3 is 0 Å². The Kier molecular flexibility index (Phi) is 2.33. The molecule has 1 aliphatic carbocycles. The Balaban J connectivity index is 1.98. The van der Waals surface area contributed by atoms with Gasteiger partial charge in [0.15, 0.2) is 0 Å². The highest BCUT2D eigenvalue weighted by molar-refractivity contribution is 5.07. The molecule has 0 aromatic heterocycles. The molecule has 0 radical (unpaired) electrons. The molecule has 0 saturated carbocycles. The quantitative estimate of drug-likeness (QED) is 0.348. The van der Waals surface area contributed by atoms with E-state index in [1.54, 1.807) is 6.08 Å². The second-order valence-electron chi connectivity index (χ2n) is 1.97. The fourth-order valence-corrected chi connectivity index (χ4v) is 0.575. The van der Waals surface area contributed by atoms with Crippen molar-refractivity contribution in [2.75, 3.05) is 6.61 Å². The van der Waals surface area contributed by atoms with Crippen molar-refractivity contribution in [2.24, 2.45) is 0 Å². The van der Waals surface area contributed by atoms with E-state index in [9.17, 15) is 0 Å². The molecule has 0 heterocycles. The third-order valence-electron chi connectivity index (χ3n) is 1.21. The van der Waals surface area contributed by atoms with E-state index in [1.165, 1.54) is 12.1 Å². The number of hydrogen-bond acceptors (Lipinski definition) is 2. The van der Waals surface area contributed by atoms with Crippen molar-refractivity contribution in [3.63, 3.8) is 0 Å². The monoisotopic (exact) mass is 125 g/mol. The lowest BCUT2D eigenvalue weighted by Crippen LogP contribution is -2.17. The normalized spacial score (nSPS) is 15.8. The van der Waals surface area contributed by atoms with E-state index in [4.69, 9.17) is 4.84 Å². The van der Waals surface area contributed by atoms with Crippen LogP contribution in [0, 0.1) is 0 Å². The summed E-state index contributed by atoms with van der Waals surface area (Å²) in [5, 5.41) is 0. The molecule has 0 amide bonds. The fourth-order valence-electron chi connectivity index (χ4n) is 0.575. The Morgan fingerprint density at radius 2 is 2.67 bits per heavy atom. The van der Waals surface area contributed by atoms with Crippen molar-refractivity contribution in [3.05, 3.63) is 24.4 Å². The predicted octanol–water partition coefficient (Wildman–Crippen LogP) is 1.37. The van der Waals surface area contributed by atoms with Crippen LogP contribution in [0.15, 0.2) is 24.4 Å². The lowest BCUT2D eigenvalue weighted by Gasteiger charge is -2.14. The molecule has 0 fully saturated rings. The Hall–Kier alpha value is -0.760. The number of allylic oxidation sites excluding steroid dienone is 2. The maximum atomic E-state index is 4.95. The first kappa shape index (κ1) is 6.36. The molecule has 0 atom stereocenters. The van der Waals surface area contributed by atoms with Gasteiger partial charge in [-0.1, -0.05) is 12.2 Å². The van der Waals surface area contributed by atoms with Gasteiger partial charge in [-0.3, -0.25) is 10.3 Å². The third kappa shape index (κ3) is 1.90. The van der Waals surface area contributed by atoms with Crippen LogP contribution >= 0.6 is 0 Å². The van der Waals surface area contributed by atoms with Gasteiger partial charge in [0, 0.05) is 5.70 Å². The highest BCUT2D eigenvalue weighted by Crippen LogP contribution is 2.13. The topological polar surface area (TPSA) is 21.3 Å². The van der Waals surface area contributed by atoms with Gasteiger partial charge in [-0.25, -0.2) is 0 Å². The van der Waals surface area contributed by atoms with Gasteiger partial charge in [-0.15, -0.1) is 6.58 Å². The van der Waals surface area contributed by atoms with Crippen LogP contribution in [-0.4, -0.2) is 6.61 Å². The van der Waals surface area contributed by atoms with E-state index in [1.807, 2.05) is 0 Å². The molecule has 0 unspecified atom stereocenters. The average Bonchev–Trinajstić information content (AvgIpc) is 1.76. The minimum absolute atomic E-state index is 0.567. The standard InChI is InChI=1S/C7H11NO/c1-2-6-9-8-7-4-3-5-7/h2,4,8H,1,3,5-6H2. The molecule has 50 valence electrons. The first-order chi connectivity index (χ1) is 4.43. The summed E-state index contributed by atoms with van der Waals surface area (Å²) in [6.07, 6.45) is 6.13. The van der Waals surface area contributed by atoms with Crippen molar-refractivity contribution in [3.8, 4) is 0 Å². The number of hydroxylamine groups is 1. The van der Waals surface area contributed by atoms with Crippen molar-refractivity contribution in [2.45, 2.75) is 12.8 Å². The molecule has 0 aromatic carbocycles. The molecular formula is C7H11NO. The van der Waals surface area contributed by atoms with Crippen LogP contribution in [0.2, 0.25) is 0 Å². The molecule has 2 nitrogen and oxygen atoms in total. The third-order valence-corrected chi connectivity index (χ3v) is 1.21. The molecule has 1 rings (SSSR count). The molecule has 9 heavy (non-hydrogen) atoms. The van der Waals surface area contributed by atoms with Crippen molar-refractivity contribution in [1.29, 1.82) is 0 Å². The van der Waals surface area contributed by atoms with Gasteiger partial charge in [-0.05, 0) is 12.8 Å². The van der Waals surface area contributed by atoms with E-state index in [-0.39, 0.29) is 0 Å². The largest absolute Gasteiger partial charge is 0.272 e. The molecule has 0 aromatic rings. The SMILES string of the molecule is C=CCONC1=CCC1. The number of rotatable bonds is 4. The zero-order chi connectivity index (χ0) is 6.53. The maximum Gasteiger partial charge on any atom is 0.0924 e. The van der Waals surface area contributed by atoms with E-state index >= 15 is 0 Å². The summed E-state index contributed by atoms with van der Waals surface area (Å²) in [6.45, 7) is 4.08. The average molecular weight is 125 g/mol. The Morgan fingerprint density at radius 1 is 1.89 bits per heavy atom. The molecule has 2 heteroatoms. The Labute approximate surface area is 55.2 Å². The number of hydrogen-bond donors (Lipinski definition) is 1. The zero-order valence-electron chi connectivity index (χ0n) is 5.39. The van der Waals surface area contributed by atoms with Crippen LogP contribution in [0.25, 0.3) is 0 Å². The molecule has 1 aliphatic rings. The lowest BCUT2D eigenvalue weighted by atomic mass is 10.1. The summed E-state index contributed by atoms with van der Waals surface area (Å²) < 4.78 is 0. The summed E-state index contributed by atoms with van der Waals surface area (Å²) in [6, 6.07) is 0. The van der Waals surface area contributed by atoms with Crippen LogP contribution in [0.5, 0.6) is 0 Å². The first-order valence-corrected chi connectivity index (χ1v) is 3.11. The van der Waals surface area contributed by atoms with Crippen LogP contribution in [0.3, 0.4) is 0 Å². The van der Waals surface area contributed by atoms with Gasteiger partial charge in [-0.2, -0.15) is 0 Å².